The zero-order valence-electron chi connectivity index (χ0n) is 17.0. The highest BCUT2D eigenvalue weighted by atomic mass is 32.4. The standard InChI is InChI=1S/C21H33OPSSi2/c1-25(2,3)21(17-18-22-26(4,5)6)23(24,19-13-9-7-10-14-19)20-15-11-8-12-16-20/h7-16,21H,17-18H2,1-6H3. The summed E-state index contributed by atoms with van der Waals surface area (Å²) in [7, 11) is -3.01. The van der Waals surface area contributed by atoms with Gasteiger partial charge in [-0.1, -0.05) is 92.1 Å². The zero-order chi connectivity index (χ0) is 19.4. The van der Waals surface area contributed by atoms with Gasteiger partial charge in [0.05, 0.1) is 8.07 Å². The van der Waals surface area contributed by atoms with E-state index < -0.39 is 22.4 Å². The summed E-state index contributed by atoms with van der Waals surface area (Å²) >= 11 is 6.61. The molecule has 0 fully saturated rings. The Morgan fingerprint density at radius 2 is 1.23 bits per heavy atom. The van der Waals surface area contributed by atoms with Gasteiger partial charge in [0.15, 0.2) is 8.32 Å². The fourth-order valence-electron chi connectivity index (χ4n) is 3.44. The van der Waals surface area contributed by atoms with Crippen LogP contribution in [0.1, 0.15) is 6.42 Å². The van der Waals surface area contributed by atoms with Crippen molar-refractivity contribution in [2.45, 2.75) is 51.0 Å². The first-order valence-corrected chi connectivity index (χ1v) is 19.3. The zero-order valence-corrected chi connectivity index (χ0v) is 20.7. The molecule has 1 unspecified atom stereocenters. The van der Waals surface area contributed by atoms with Crippen molar-refractivity contribution in [3.05, 3.63) is 60.7 Å². The molecule has 1 atom stereocenters. The number of rotatable bonds is 8. The van der Waals surface area contributed by atoms with E-state index in [0.717, 1.165) is 13.0 Å². The van der Waals surface area contributed by atoms with Gasteiger partial charge in [-0.25, -0.2) is 0 Å². The summed E-state index contributed by atoms with van der Waals surface area (Å²) in [5.41, 5.74) is 0. The number of hydrogen-bond donors (Lipinski definition) is 0. The molecule has 5 heteroatoms. The largest absolute Gasteiger partial charge is 0.418 e. The minimum atomic E-state index is -1.91. The van der Waals surface area contributed by atoms with Crippen LogP contribution < -0.4 is 10.6 Å². The van der Waals surface area contributed by atoms with Crippen molar-refractivity contribution >= 4 is 44.8 Å². The third-order valence-electron chi connectivity index (χ3n) is 4.64. The maximum absolute atomic E-state index is 6.61. The molecule has 0 aliphatic rings. The van der Waals surface area contributed by atoms with Gasteiger partial charge in [-0.15, -0.1) is 0 Å². The Kier molecular flexibility index (Phi) is 7.26. The molecule has 0 bridgehead atoms. The maximum Gasteiger partial charge on any atom is 0.183 e. The minimum absolute atomic E-state index is 0.533. The SMILES string of the molecule is C[Si](C)(C)OCCC([Si](C)(C)C)P(=S)(c1ccccc1)c1ccccc1. The summed E-state index contributed by atoms with van der Waals surface area (Å²) in [4.78, 5) is 0. The van der Waals surface area contributed by atoms with E-state index in [2.05, 4.69) is 99.9 Å². The van der Waals surface area contributed by atoms with Crippen LogP contribution in [0.2, 0.25) is 39.3 Å². The average molecular weight is 421 g/mol. The van der Waals surface area contributed by atoms with Crippen LogP contribution in [0.3, 0.4) is 0 Å². The van der Waals surface area contributed by atoms with E-state index in [1.165, 1.54) is 10.6 Å². The number of hydrogen-bond acceptors (Lipinski definition) is 2. The molecule has 0 heterocycles. The second kappa shape index (κ2) is 8.66. The molecule has 2 aromatic carbocycles. The van der Waals surface area contributed by atoms with Crippen molar-refractivity contribution in [2.24, 2.45) is 0 Å². The lowest BCUT2D eigenvalue weighted by Gasteiger charge is -2.40. The third kappa shape index (κ3) is 5.49. The normalized spacial score (nSPS) is 14.2. The summed E-state index contributed by atoms with van der Waals surface area (Å²) in [6, 6.07) is 19.8. The Labute approximate surface area is 167 Å². The van der Waals surface area contributed by atoms with E-state index in [0.29, 0.717) is 5.28 Å². The second-order valence-corrected chi connectivity index (χ2v) is 24.1. The van der Waals surface area contributed by atoms with Crippen LogP contribution in [-0.2, 0) is 16.2 Å². The van der Waals surface area contributed by atoms with Gasteiger partial charge in [0.1, 0.15) is 0 Å². The molecule has 142 valence electrons. The van der Waals surface area contributed by atoms with Crippen LogP contribution in [0.5, 0.6) is 0 Å². The van der Waals surface area contributed by atoms with E-state index in [1.807, 2.05) is 0 Å². The Hall–Kier alpha value is -0.516. The Morgan fingerprint density at radius 1 is 0.808 bits per heavy atom. The maximum atomic E-state index is 6.61. The molecule has 0 aliphatic heterocycles. The average Bonchev–Trinajstić information content (AvgIpc) is 2.58. The first kappa shape index (κ1) is 21.8. The molecule has 0 N–H and O–H groups in total. The summed E-state index contributed by atoms with van der Waals surface area (Å²) in [6.45, 7) is 15.0. The Morgan fingerprint density at radius 3 is 1.58 bits per heavy atom. The molecule has 0 amide bonds. The van der Waals surface area contributed by atoms with Gasteiger partial charge in [0, 0.05) is 12.6 Å². The van der Waals surface area contributed by atoms with Crippen molar-refractivity contribution in [1.82, 2.24) is 0 Å². The van der Waals surface area contributed by atoms with Crippen molar-refractivity contribution in [3.63, 3.8) is 0 Å². The monoisotopic (exact) mass is 420 g/mol. The van der Waals surface area contributed by atoms with Crippen LogP contribution in [-0.4, -0.2) is 28.3 Å². The first-order valence-electron chi connectivity index (χ1n) is 9.40. The van der Waals surface area contributed by atoms with E-state index in [1.54, 1.807) is 0 Å². The van der Waals surface area contributed by atoms with Crippen molar-refractivity contribution in [3.8, 4) is 0 Å². The van der Waals surface area contributed by atoms with Crippen LogP contribution in [0.25, 0.3) is 0 Å². The molecule has 0 aromatic heterocycles. The first-order chi connectivity index (χ1) is 12.0. The van der Waals surface area contributed by atoms with Gasteiger partial charge in [-0.2, -0.15) is 0 Å². The minimum Gasteiger partial charge on any atom is -0.418 e. The van der Waals surface area contributed by atoms with Gasteiger partial charge >= 0.3 is 0 Å². The van der Waals surface area contributed by atoms with Crippen LogP contribution in [0.15, 0.2) is 60.7 Å². The molecular formula is C21H33OPSSi2. The van der Waals surface area contributed by atoms with Gasteiger partial charge in [-0.3, -0.25) is 0 Å². The van der Waals surface area contributed by atoms with Gasteiger partial charge in [-0.05, 0) is 42.0 Å². The lowest BCUT2D eigenvalue weighted by molar-refractivity contribution is 0.308. The number of benzene rings is 2. The fraction of sp³-hybridized carbons (Fsp3) is 0.429. The summed E-state index contributed by atoms with van der Waals surface area (Å²) < 4.78 is 6.25. The fourth-order valence-corrected chi connectivity index (χ4v) is 17.0. The second-order valence-electron chi connectivity index (χ2n) is 8.96. The van der Waals surface area contributed by atoms with Gasteiger partial charge < -0.3 is 4.43 Å². The Bertz CT molecular complexity index is 693. The lowest BCUT2D eigenvalue weighted by Crippen LogP contribution is -2.44. The van der Waals surface area contributed by atoms with E-state index >= 15 is 0 Å². The van der Waals surface area contributed by atoms with Crippen molar-refractivity contribution in [2.75, 3.05) is 6.61 Å². The molecule has 0 radical (unpaired) electrons. The predicted octanol–water partition coefficient (Wildman–Crippen LogP) is 5.60. The molecular weight excluding hydrogens is 387 g/mol. The smallest absolute Gasteiger partial charge is 0.183 e. The molecule has 0 spiro atoms. The molecule has 2 aromatic rings. The van der Waals surface area contributed by atoms with E-state index in [9.17, 15) is 0 Å². The van der Waals surface area contributed by atoms with Crippen LogP contribution in [0, 0.1) is 0 Å². The van der Waals surface area contributed by atoms with Crippen LogP contribution in [0.4, 0.5) is 0 Å². The molecule has 0 saturated heterocycles. The van der Waals surface area contributed by atoms with Crippen LogP contribution >= 0.6 is 6.04 Å². The Balaban J connectivity index is 2.51. The summed E-state index contributed by atoms with van der Waals surface area (Å²) in [5, 5.41) is 3.23. The van der Waals surface area contributed by atoms with Gasteiger partial charge in [0.2, 0.25) is 0 Å². The lowest BCUT2D eigenvalue weighted by atomic mass is 10.4. The highest BCUT2D eigenvalue weighted by Gasteiger charge is 2.40. The van der Waals surface area contributed by atoms with Crippen molar-refractivity contribution < 1.29 is 4.43 Å². The van der Waals surface area contributed by atoms with E-state index in [4.69, 9.17) is 16.2 Å². The highest BCUT2D eigenvalue weighted by Crippen LogP contribution is 2.53. The topological polar surface area (TPSA) is 9.23 Å². The summed E-state index contributed by atoms with van der Waals surface area (Å²) in [5.74, 6) is 0. The van der Waals surface area contributed by atoms with E-state index in [-0.39, 0.29) is 0 Å². The molecule has 1 nitrogen and oxygen atoms in total. The molecule has 0 saturated carbocycles. The molecule has 26 heavy (non-hydrogen) atoms. The summed E-state index contributed by atoms with van der Waals surface area (Å²) in [6.07, 6.45) is 1.07. The van der Waals surface area contributed by atoms with Gasteiger partial charge in [0.25, 0.3) is 0 Å². The third-order valence-corrected chi connectivity index (χ3v) is 17.3. The highest BCUT2D eigenvalue weighted by molar-refractivity contribution is 8.23. The predicted molar refractivity (Wildman–Crippen MR) is 127 cm³/mol. The van der Waals surface area contributed by atoms with Crippen molar-refractivity contribution in [1.29, 1.82) is 0 Å². The molecule has 0 aliphatic carbocycles. The molecule has 2 rings (SSSR count). The quantitative estimate of drug-likeness (QED) is 0.406.